The van der Waals surface area contributed by atoms with Gasteiger partial charge in [-0.1, -0.05) is 26.0 Å². The van der Waals surface area contributed by atoms with Crippen molar-refractivity contribution in [2.24, 2.45) is 5.73 Å². The molecule has 0 aliphatic heterocycles. The van der Waals surface area contributed by atoms with Crippen molar-refractivity contribution in [2.75, 3.05) is 0 Å². The van der Waals surface area contributed by atoms with Crippen molar-refractivity contribution < 1.29 is 14.6 Å². The number of carboxylic acids is 1. The highest BCUT2D eigenvalue weighted by atomic mass is 16.5. The van der Waals surface area contributed by atoms with Crippen LogP contribution < -0.4 is 10.5 Å². The van der Waals surface area contributed by atoms with Gasteiger partial charge in [0.05, 0.1) is 0 Å². The van der Waals surface area contributed by atoms with Crippen molar-refractivity contribution in [3.05, 3.63) is 29.8 Å². The fraction of sp³-hybridized carbons (Fsp3) is 0.562. The van der Waals surface area contributed by atoms with Gasteiger partial charge in [0.25, 0.3) is 0 Å². The summed E-state index contributed by atoms with van der Waals surface area (Å²) >= 11 is 0. The molecule has 2 rings (SSSR count). The fourth-order valence-electron chi connectivity index (χ4n) is 2.63. The molecule has 3 atom stereocenters. The largest absolute Gasteiger partial charge is 0.490 e. The van der Waals surface area contributed by atoms with Crippen LogP contribution in [0.5, 0.6) is 5.75 Å². The molecule has 0 saturated heterocycles. The minimum atomic E-state index is -1.12. The number of benzene rings is 1. The molecule has 1 aliphatic rings. The Morgan fingerprint density at radius 3 is 2.65 bits per heavy atom. The Balaban J connectivity index is 1.96. The SMILES string of the molecule is CCC(C)c1ccc(OC2CCC(N)(C(=O)O)C2)cc1. The van der Waals surface area contributed by atoms with Crippen LogP contribution in [0.1, 0.15) is 51.0 Å². The number of hydrogen-bond acceptors (Lipinski definition) is 3. The second kappa shape index (κ2) is 5.83. The second-order valence-electron chi connectivity index (χ2n) is 5.82. The van der Waals surface area contributed by atoms with Crippen LogP contribution in [-0.4, -0.2) is 22.7 Å². The Labute approximate surface area is 119 Å². The molecule has 1 aliphatic carbocycles. The van der Waals surface area contributed by atoms with E-state index in [0.717, 1.165) is 12.2 Å². The van der Waals surface area contributed by atoms with Crippen molar-refractivity contribution in [1.29, 1.82) is 0 Å². The minimum absolute atomic E-state index is 0.106. The van der Waals surface area contributed by atoms with E-state index >= 15 is 0 Å². The monoisotopic (exact) mass is 277 g/mol. The number of ether oxygens (including phenoxy) is 1. The van der Waals surface area contributed by atoms with E-state index in [4.69, 9.17) is 15.6 Å². The van der Waals surface area contributed by atoms with Crippen LogP contribution in [0.3, 0.4) is 0 Å². The summed E-state index contributed by atoms with van der Waals surface area (Å²) in [5.41, 5.74) is 6.02. The summed E-state index contributed by atoms with van der Waals surface area (Å²) in [6.07, 6.45) is 2.53. The predicted molar refractivity (Wildman–Crippen MR) is 78.0 cm³/mol. The molecule has 3 N–H and O–H groups in total. The normalized spacial score (nSPS) is 27.2. The molecule has 110 valence electrons. The Hall–Kier alpha value is -1.55. The maximum absolute atomic E-state index is 11.1. The lowest BCUT2D eigenvalue weighted by Gasteiger charge is -2.19. The smallest absolute Gasteiger partial charge is 0.323 e. The van der Waals surface area contributed by atoms with E-state index in [-0.39, 0.29) is 6.10 Å². The molecule has 0 bridgehead atoms. The summed E-state index contributed by atoms with van der Waals surface area (Å²) in [7, 11) is 0. The zero-order valence-corrected chi connectivity index (χ0v) is 12.1. The summed E-state index contributed by atoms with van der Waals surface area (Å²) < 4.78 is 5.85. The lowest BCUT2D eigenvalue weighted by Crippen LogP contribution is -2.46. The summed E-state index contributed by atoms with van der Waals surface area (Å²) in [4.78, 5) is 11.1. The van der Waals surface area contributed by atoms with Gasteiger partial charge in [-0.3, -0.25) is 4.79 Å². The van der Waals surface area contributed by atoms with Gasteiger partial charge in [0.15, 0.2) is 0 Å². The van der Waals surface area contributed by atoms with Gasteiger partial charge >= 0.3 is 5.97 Å². The summed E-state index contributed by atoms with van der Waals surface area (Å²) in [6.45, 7) is 4.36. The molecule has 0 heterocycles. The highest BCUT2D eigenvalue weighted by Gasteiger charge is 2.43. The first kappa shape index (κ1) is 14.9. The quantitative estimate of drug-likeness (QED) is 0.868. The zero-order chi connectivity index (χ0) is 14.8. The first-order valence-corrected chi connectivity index (χ1v) is 7.23. The lowest BCUT2D eigenvalue weighted by atomic mass is 9.99. The Bertz CT molecular complexity index is 471. The van der Waals surface area contributed by atoms with Crippen molar-refractivity contribution in [3.8, 4) is 5.75 Å². The van der Waals surface area contributed by atoms with E-state index in [1.807, 2.05) is 12.1 Å². The van der Waals surface area contributed by atoms with Crippen molar-refractivity contribution in [3.63, 3.8) is 0 Å². The van der Waals surface area contributed by atoms with Crippen molar-refractivity contribution in [2.45, 2.75) is 57.1 Å². The van der Waals surface area contributed by atoms with Gasteiger partial charge in [0, 0.05) is 6.42 Å². The maximum atomic E-state index is 11.1. The molecule has 1 saturated carbocycles. The van der Waals surface area contributed by atoms with Crippen LogP contribution >= 0.6 is 0 Å². The van der Waals surface area contributed by atoms with Crippen LogP contribution in [0.2, 0.25) is 0 Å². The van der Waals surface area contributed by atoms with E-state index < -0.39 is 11.5 Å². The topological polar surface area (TPSA) is 72.5 Å². The molecule has 4 heteroatoms. The van der Waals surface area contributed by atoms with Crippen molar-refractivity contribution >= 4 is 5.97 Å². The fourth-order valence-corrected chi connectivity index (χ4v) is 2.63. The van der Waals surface area contributed by atoms with Gasteiger partial charge in [-0.15, -0.1) is 0 Å². The van der Waals surface area contributed by atoms with Crippen LogP contribution in [0, 0.1) is 0 Å². The van der Waals surface area contributed by atoms with E-state index in [1.54, 1.807) is 0 Å². The van der Waals surface area contributed by atoms with E-state index in [9.17, 15) is 4.79 Å². The summed E-state index contributed by atoms with van der Waals surface area (Å²) in [5.74, 6) is 0.395. The second-order valence-corrected chi connectivity index (χ2v) is 5.82. The van der Waals surface area contributed by atoms with E-state index in [1.165, 1.54) is 5.56 Å². The van der Waals surface area contributed by atoms with E-state index in [0.29, 0.717) is 25.2 Å². The molecule has 0 spiro atoms. The molecule has 20 heavy (non-hydrogen) atoms. The highest BCUT2D eigenvalue weighted by Crippen LogP contribution is 2.31. The van der Waals surface area contributed by atoms with Gasteiger partial charge in [-0.25, -0.2) is 0 Å². The third-order valence-electron chi connectivity index (χ3n) is 4.29. The third kappa shape index (κ3) is 3.12. The van der Waals surface area contributed by atoms with Crippen LogP contribution in [-0.2, 0) is 4.79 Å². The Morgan fingerprint density at radius 1 is 1.50 bits per heavy atom. The third-order valence-corrected chi connectivity index (χ3v) is 4.29. The number of hydrogen-bond donors (Lipinski definition) is 2. The molecule has 0 aromatic heterocycles. The Kier molecular flexibility index (Phi) is 4.33. The average molecular weight is 277 g/mol. The molecular formula is C16H23NO3. The number of rotatable bonds is 5. The van der Waals surface area contributed by atoms with Gasteiger partial charge in [-0.05, 0) is 42.9 Å². The van der Waals surface area contributed by atoms with Gasteiger partial charge in [-0.2, -0.15) is 0 Å². The standard InChI is InChI=1S/C16H23NO3/c1-3-11(2)12-4-6-13(7-5-12)20-14-8-9-16(17,10-14)15(18)19/h4-7,11,14H,3,8-10,17H2,1-2H3,(H,18,19). The van der Waals surface area contributed by atoms with Crippen LogP contribution in [0.4, 0.5) is 0 Å². The predicted octanol–water partition coefficient (Wildman–Crippen LogP) is 2.91. The zero-order valence-electron chi connectivity index (χ0n) is 12.1. The first-order valence-electron chi connectivity index (χ1n) is 7.23. The molecule has 1 aromatic carbocycles. The van der Waals surface area contributed by atoms with Crippen LogP contribution in [0.25, 0.3) is 0 Å². The van der Waals surface area contributed by atoms with Gasteiger partial charge < -0.3 is 15.6 Å². The molecular weight excluding hydrogens is 254 g/mol. The number of carboxylic acid groups (broad SMARTS) is 1. The molecule has 0 radical (unpaired) electrons. The number of carbonyl (C=O) groups is 1. The first-order chi connectivity index (χ1) is 9.44. The number of nitrogens with two attached hydrogens (primary N) is 1. The van der Waals surface area contributed by atoms with Crippen LogP contribution in [0.15, 0.2) is 24.3 Å². The average Bonchev–Trinajstić information content (AvgIpc) is 2.82. The number of aliphatic carboxylic acids is 1. The van der Waals surface area contributed by atoms with E-state index in [2.05, 4.69) is 26.0 Å². The molecule has 0 amide bonds. The molecule has 3 unspecified atom stereocenters. The minimum Gasteiger partial charge on any atom is -0.490 e. The molecule has 1 aromatic rings. The summed E-state index contributed by atoms with van der Waals surface area (Å²) in [5, 5.41) is 9.10. The lowest BCUT2D eigenvalue weighted by molar-refractivity contribution is -0.143. The van der Waals surface area contributed by atoms with Gasteiger partial charge in [0.2, 0.25) is 0 Å². The molecule has 4 nitrogen and oxygen atoms in total. The maximum Gasteiger partial charge on any atom is 0.323 e. The Morgan fingerprint density at radius 2 is 2.15 bits per heavy atom. The highest BCUT2D eigenvalue weighted by molar-refractivity contribution is 5.79. The summed E-state index contributed by atoms with van der Waals surface area (Å²) in [6, 6.07) is 8.06. The molecule has 1 fully saturated rings. The van der Waals surface area contributed by atoms with Crippen molar-refractivity contribution in [1.82, 2.24) is 0 Å². The van der Waals surface area contributed by atoms with Gasteiger partial charge in [0.1, 0.15) is 17.4 Å².